The van der Waals surface area contributed by atoms with E-state index < -0.39 is 0 Å². The first-order valence-electron chi connectivity index (χ1n) is 5.45. The molecule has 0 saturated heterocycles. The molecule has 0 amide bonds. The summed E-state index contributed by atoms with van der Waals surface area (Å²) >= 11 is 3.24. The van der Waals surface area contributed by atoms with Crippen molar-refractivity contribution in [1.82, 2.24) is 9.97 Å². The number of halogens is 1. The zero-order valence-corrected chi connectivity index (χ0v) is 10.2. The Morgan fingerprint density at radius 1 is 1.20 bits per heavy atom. The molecule has 0 N–H and O–H groups in total. The fourth-order valence-electron chi connectivity index (χ4n) is 1.93. The topological polar surface area (TPSA) is 35.0 Å². The summed E-state index contributed by atoms with van der Waals surface area (Å²) in [4.78, 5) is 8.20. The zero-order chi connectivity index (χ0) is 10.5. The van der Waals surface area contributed by atoms with Gasteiger partial charge < -0.3 is 4.74 Å². The number of rotatable bonds is 3. The van der Waals surface area contributed by atoms with E-state index >= 15 is 0 Å². The minimum absolute atomic E-state index is 0.628. The maximum atomic E-state index is 5.61. The van der Waals surface area contributed by atoms with Gasteiger partial charge in [-0.3, -0.25) is 0 Å². The maximum absolute atomic E-state index is 5.61. The molecule has 82 valence electrons. The number of ether oxygens (including phenoxy) is 1. The molecule has 1 aliphatic rings. The van der Waals surface area contributed by atoms with E-state index in [0.29, 0.717) is 11.8 Å². The van der Waals surface area contributed by atoms with Gasteiger partial charge in [0.1, 0.15) is 4.60 Å². The van der Waals surface area contributed by atoms with E-state index in [9.17, 15) is 0 Å². The molecule has 0 radical (unpaired) electrons. The van der Waals surface area contributed by atoms with Gasteiger partial charge in [-0.15, -0.1) is 0 Å². The molecule has 0 spiro atoms. The lowest BCUT2D eigenvalue weighted by molar-refractivity contribution is 0.202. The summed E-state index contributed by atoms with van der Waals surface area (Å²) in [7, 11) is 0. The van der Waals surface area contributed by atoms with Gasteiger partial charge in [0.05, 0.1) is 19.0 Å². The van der Waals surface area contributed by atoms with Crippen molar-refractivity contribution < 1.29 is 4.74 Å². The van der Waals surface area contributed by atoms with Crippen LogP contribution in [0.15, 0.2) is 17.0 Å². The molecule has 1 aliphatic carbocycles. The molecule has 15 heavy (non-hydrogen) atoms. The summed E-state index contributed by atoms with van der Waals surface area (Å²) in [5, 5.41) is 0. The van der Waals surface area contributed by atoms with Gasteiger partial charge in [-0.2, -0.15) is 0 Å². The third-order valence-electron chi connectivity index (χ3n) is 2.79. The second kappa shape index (κ2) is 5.45. The van der Waals surface area contributed by atoms with Crippen molar-refractivity contribution in [1.29, 1.82) is 0 Å². The largest absolute Gasteiger partial charge is 0.476 e. The molecule has 3 nitrogen and oxygen atoms in total. The monoisotopic (exact) mass is 270 g/mol. The highest BCUT2D eigenvalue weighted by atomic mass is 79.9. The van der Waals surface area contributed by atoms with Gasteiger partial charge in [0.25, 0.3) is 0 Å². The third kappa shape index (κ3) is 3.45. The van der Waals surface area contributed by atoms with Crippen molar-refractivity contribution in [3.63, 3.8) is 0 Å². The molecular formula is C11H15BrN2O. The van der Waals surface area contributed by atoms with Crippen molar-refractivity contribution in [2.45, 2.75) is 32.1 Å². The fraction of sp³-hybridized carbons (Fsp3) is 0.636. The summed E-state index contributed by atoms with van der Waals surface area (Å²) < 4.78 is 6.35. The van der Waals surface area contributed by atoms with Gasteiger partial charge in [-0.05, 0) is 34.7 Å². The van der Waals surface area contributed by atoms with Crippen LogP contribution in [0.3, 0.4) is 0 Å². The summed E-state index contributed by atoms with van der Waals surface area (Å²) in [5.41, 5.74) is 0. The van der Waals surface area contributed by atoms with Crippen LogP contribution in [0, 0.1) is 5.92 Å². The highest BCUT2D eigenvalue weighted by Gasteiger charge is 2.14. The molecule has 1 fully saturated rings. The van der Waals surface area contributed by atoms with E-state index in [1.54, 1.807) is 12.4 Å². The van der Waals surface area contributed by atoms with Crippen LogP contribution >= 0.6 is 15.9 Å². The lowest BCUT2D eigenvalue weighted by atomic mass is 9.90. The average molecular weight is 271 g/mol. The predicted molar refractivity (Wildman–Crippen MR) is 61.8 cm³/mol. The number of hydrogen-bond donors (Lipinski definition) is 0. The Hall–Kier alpha value is -0.640. The van der Waals surface area contributed by atoms with Gasteiger partial charge >= 0.3 is 0 Å². The van der Waals surface area contributed by atoms with Crippen molar-refractivity contribution in [2.24, 2.45) is 5.92 Å². The van der Waals surface area contributed by atoms with Crippen molar-refractivity contribution in [3.05, 3.63) is 17.0 Å². The highest BCUT2D eigenvalue weighted by Crippen LogP contribution is 2.24. The summed E-state index contributed by atoms with van der Waals surface area (Å²) in [6.07, 6.45) is 9.99. The molecule has 0 aliphatic heterocycles. The molecule has 1 saturated carbocycles. The Morgan fingerprint density at radius 2 is 2.00 bits per heavy atom. The van der Waals surface area contributed by atoms with Gasteiger partial charge in [0, 0.05) is 0 Å². The molecule has 0 aromatic carbocycles. The minimum Gasteiger partial charge on any atom is -0.476 e. The van der Waals surface area contributed by atoms with Crippen LogP contribution in [0.4, 0.5) is 0 Å². The SMILES string of the molecule is Brc1cnc(OCC2CCCCC2)cn1. The standard InChI is InChI=1S/C11H15BrN2O/c12-10-6-14-11(7-13-10)15-8-9-4-2-1-3-5-9/h6-7,9H,1-5,8H2. The Labute approximate surface area is 98.4 Å². The molecule has 1 aromatic rings. The lowest BCUT2D eigenvalue weighted by Crippen LogP contribution is -2.15. The summed E-state index contributed by atoms with van der Waals surface area (Å²) in [6, 6.07) is 0. The Morgan fingerprint density at radius 3 is 2.67 bits per heavy atom. The first-order valence-corrected chi connectivity index (χ1v) is 6.24. The van der Waals surface area contributed by atoms with Crippen LogP contribution in [0.1, 0.15) is 32.1 Å². The van der Waals surface area contributed by atoms with Crippen LogP contribution < -0.4 is 4.74 Å². The number of aromatic nitrogens is 2. The van der Waals surface area contributed by atoms with Gasteiger partial charge in [0.15, 0.2) is 0 Å². The van der Waals surface area contributed by atoms with Gasteiger partial charge in [-0.1, -0.05) is 19.3 Å². The van der Waals surface area contributed by atoms with E-state index in [-0.39, 0.29) is 0 Å². The lowest BCUT2D eigenvalue weighted by Gasteiger charge is -2.21. The van der Waals surface area contributed by atoms with E-state index in [0.717, 1.165) is 11.2 Å². The average Bonchev–Trinajstić information content (AvgIpc) is 2.30. The van der Waals surface area contributed by atoms with E-state index in [1.165, 1.54) is 32.1 Å². The molecule has 1 heterocycles. The number of hydrogen-bond acceptors (Lipinski definition) is 3. The second-order valence-electron chi connectivity index (χ2n) is 3.99. The second-order valence-corrected chi connectivity index (χ2v) is 4.80. The first kappa shape index (κ1) is 10.9. The molecule has 0 bridgehead atoms. The van der Waals surface area contributed by atoms with Crippen molar-refractivity contribution in [2.75, 3.05) is 6.61 Å². The normalized spacial score (nSPS) is 17.7. The molecule has 0 unspecified atom stereocenters. The molecule has 1 aromatic heterocycles. The first-order chi connectivity index (χ1) is 7.34. The van der Waals surface area contributed by atoms with Crippen LogP contribution in [0.25, 0.3) is 0 Å². The van der Waals surface area contributed by atoms with E-state index in [1.807, 2.05) is 0 Å². The molecule has 0 atom stereocenters. The van der Waals surface area contributed by atoms with E-state index in [4.69, 9.17) is 4.74 Å². The quantitative estimate of drug-likeness (QED) is 0.846. The fourth-order valence-corrected chi connectivity index (χ4v) is 2.14. The van der Waals surface area contributed by atoms with Crippen LogP contribution in [0.2, 0.25) is 0 Å². The van der Waals surface area contributed by atoms with E-state index in [2.05, 4.69) is 25.9 Å². The van der Waals surface area contributed by atoms with Crippen LogP contribution in [0.5, 0.6) is 5.88 Å². The smallest absolute Gasteiger partial charge is 0.232 e. The molecular weight excluding hydrogens is 256 g/mol. The highest BCUT2D eigenvalue weighted by molar-refractivity contribution is 9.10. The predicted octanol–water partition coefficient (Wildman–Crippen LogP) is 3.20. The number of nitrogens with zero attached hydrogens (tertiary/aromatic N) is 2. The van der Waals surface area contributed by atoms with Crippen LogP contribution in [-0.4, -0.2) is 16.6 Å². The minimum atomic E-state index is 0.628. The molecule has 2 rings (SSSR count). The maximum Gasteiger partial charge on any atom is 0.232 e. The summed E-state index contributed by atoms with van der Waals surface area (Å²) in [6.45, 7) is 0.788. The van der Waals surface area contributed by atoms with Gasteiger partial charge in [-0.25, -0.2) is 9.97 Å². The Bertz CT molecular complexity index is 296. The van der Waals surface area contributed by atoms with Crippen LogP contribution in [-0.2, 0) is 0 Å². The Balaban J connectivity index is 1.79. The zero-order valence-electron chi connectivity index (χ0n) is 8.66. The summed E-state index contributed by atoms with van der Waals surface area (Å²) in [5.74, 6) is 1.34. The third-order valence-corrected chi connectivity index (χ3v) is 3.20. The van der Waals surface area contributed by atoms with Crippen molar-refractivity contribution >= 4 is 15.9 Å². The van der Waals surface area contributed by atoms with Gasteiger partial charge in [0.2, 0.25) is 5.88 Å². The van der Waals surface area contributed by atoms with Crippen molar-refractivity contribution in [3.8, 4) is 5.88 Å². The Kier molecular flexibility index (Phi) is 3.94. The molecule has 4 heteroatoms.